The molecule has 102 valence electrons. The first-order valence-corrected chi connectivity index (χ1v) is 6.79. The molecule has 0 bridgehead atoms. The molecule has 19 heavy (non-hydrogen) atoms. The Morgan fingerprint density at radius 1 is 1.53 bits per heavy atom. The minimum atomic E-state index is 0.00412. The van der Waals surface area contributed by atoms with Gasteiger partial charge in [-0.15, -0.1) is 0 Å². The Balaban J connectivity index is 2.47. The van der Waals surface area contributed by atoms with Crippen LogP contribution in [-0.2, 0) is 11.2 Å². The van der Waals surface area contributed by atoms with Crippen LogP contribution < -0.4 is 4.74 Å². The third-order valence-electron chi connectivity index (χ3n) is 4.13. The maximum Gasteiger partial charge on any atom is 0.163 e. The molecule has 2 rings (SSSR count). The number of hydrogen-bond donors (Lipinski definition) is 0. The first kappa shape index (κ1) is 13.8. The molecule has 0 amide bonds. The van der Waals surface area contributed by atoms with Crippen molar-refractivity contribution < 1.29 is 14.3 Å². The van der Waals surface area contributed by atoms with Gasteiger partial charge >= 0.3 is 0 Å². The van der Waals surface area contributed by atoms with Gasteiger partial charge in [-0.1, -0.05) is 6.92 Å². The van der Waals surface area contributed by atoms with Crippen LogP contribution in [0.15, 0.2) is 12.1 Å². The monoisotopic (exact) mass is 260 g/mol. The van der Waals surface area contributed by atoms with Gasteiger partial charge in [-0.05, 0) is 55.4 Å². The zero-order valence-corrected chi connectivity index (χ0v) is 11.7. The van der Waals surface area contributed by atoms with Crippen LogP contribution in [0.25, 0.3) is 0 Å². The van der Waals surface area contributed by atoms with Crippen molar-refractivity contribution >= 4 is 12.1 Å². The van der Waals surface area contributed by atoms with E-state index < -0.39 is 0 Å². The lowest BCUT2D eigenvalue weighted by Gasteiger charge is -2.18. The SMILES string of the molecule is CCC(C=O)C1CCc2cc(OC)c(C(C)=O)cc21. The third-order valence-corrected chi connectivity index (χ3v) is 4.13. The molecule has 1 aliphatic rings. The lowest BCUT2D eigenvalue weighted by atomic mass is 9.85. The lowest BCUT2D eigenvalue weighted by molar-refractivity contribution is -0.111. The molecule has 0 saturated heterocycles. The van der Waals surface area contributed by atoms with E-state index in [-0.39, 0.29) is 17.6 Å². The molecular weight excluding hydrogens is 240 g/mol. The highest BCUT2D eigenvalue weighted by Crippen LogP contribution is 2.41. The molecule has 3 nitrogen and oxygen atoms in total. The van der Waals surface area contributed by atoms with Gasteiger partial charge in [-0.2, -0.15) is 0 Å². The average Bonchev–Trinajstić information content (AvgIpc) is 2.82. The van der Waals surface area contributed by atoms with E-state index in [1.165, 1.54) is 5.56 Å². The summed E-state index contributed by atoms with van der Waals surface area (Å²) >= 11 is 0. The van der Waals surface area contributed by atoms with Gasteiger partial charge < -0.3 is 9.53 Å². The number of carbonyl (C=O) groups is 2. The van der Waals surface area contributed by atoms with Gasteiger partial charge in [0.1, 0.15) is 12.0 Å². The smallest absolute Gasteiger partial charge is 0.163 e. The number of aldehydes is 1. The molecule has 0 aliphatic heterocycles. The van der Waals surface area contributed by atoms with Gasteiger partial charge in [0.25, 0.3) is 0 Å². The van der Waals surface area contributed by atoms with E-state index in [4.69, 9.17) is 4.74 Å². The van der Waals surface area contributed by atoms with Crippen LogP contribution in [0.4, 0.5) is 0 Å². The number of carbonyl (C=O) groups excluding carboxylic acids is 2. The molecule has 0 N–H and O–H groups in total. The molecule has 0 spiro atoms. The van der Waals surface area contributed by atoms with E-state index in [9.17, 15) is 9.59 Å². The summed E-state index contributed by atoms with van der Waals surface area (Å²) in [5.41, 5.74) is 2.99. The summed E-state index contributed by atoms with van der Waals surface area (Å²) in [6.45, 7) is 3.58. The largest absolute Gasteiger partial charge is 0.496 e. The highest BCUT2D eigenvalue weighted by Gasteiger charge is 2.30. The van der Waals surface area contributed by atoms with Gasteiger partial charge in [-0.3, -0.25) is 4.79 Å². The normalized spacial score (nSPS) is 18.8. The van der Waals surface area contributed by atoms with Crippen LogP contribution in [-0.4, -0.2) is 19.2 Å². The van der Waals surface area contributed by atoms with Crippen LogP contribution >= 0.6 is 0 Å². The first-order valence-electron chi connectivity index (χ1n) is 6.79. The van der Waals surface area contributed by atoms with Crippen molar-refractivity contribution in [3.05, 3.63) is 28.8 Å². The molecule has 2 unspecified atom stereocenters. The Morgan fingerprint density at radius 3 is 2.79 bits per heavy atom. The maximum absolute atomic E-state index is 11.7. The van der Waals surface area contributed by atoms with Gasteiger partial charge in [0, 0.05) is 5.92 Å². The maximum atomic E-state index is 11.7. The van der Waals surface area contributed by atoms with Gasteiger partial charge in [0.05, 0.1) is 12.7 Å². The number of aryl methyl sites for hydroxylation is 1. The number of fused-ring (bicyclic) bond motifs is 1. The van der Waals surface area contributed by atoms with E-state index in [2.05, 4.69) is 0 Å². The summed E-state index contributed by atoms with van der Waals surface area (Å²) in [7, 11) is 1.58. The minimum Gasteiger partial charge on any atom is -0.496 e. The van der Waals surface area contributed by atoms with Crippen molar-refractivity contribution in [2.24, 2.45) is 5.92 Å². The number of benzene rings is 1. The topological polar surface area (TPSA) is 43.4 Å². The van der Waals surface area contributed by atoms with Crippen LogP contribution in [0, 0.1) is 5.92 Å². The molecule has 0 saturated carbocycles. The molecule has 0 heterocycles. The second kappa shape index (κ2) is 5.55. The lowest BCUT2D eigenvalue weighted by Crippen LogP contribution is -2.11. The predicted octanol–water partition coefficient (Wildman–Crippen LogP) is 3.15. The van der Waals surface area contributed by atoms with E-state index in [1.807, 2.05) is 19.1 Å². The molecule has 1 aromatic carbocycles. The van der Waals surface area contributed by atoms with Crippen LogP contribution in [0.5, 0.6) is 5.75 Å². The molecule has 3 heteroatoms. The third kappa shape index (κ3) is 2.42. The van der Waals surface area contributed by atoms with Crippen molar-refractivity contribution in [2.45, 2.75) is 39.0 Å². The summed E-state index contributed by atoms with van der Waals surface area (Å²) in [4.78, 5) is 22.9. The van der Waals surface area contributed by atoms with Gasteiger partial charge in [-0.25, -0.2) is 0 Å². The van der Waals surface area contributed by atoms with Crippen LogP contribution in [0.2, 0.25) is 0 Å². The fraction of sp³-hybridized carbons (Fsp3) is 0.500. The van der Waals surface area contributed by atoms with E-state index >= 15 is 0 Å². The fourth-order valence-electron chi connectivity index (χ4n) is 3.03. The second-order valence-electron chi connectivity index (χ2n) is 5.16. The second-order valence-corrected chi connectivity index (χ2v) is 5.16. The summed E-state index contributed by atoms with van der Waals surface area (Å²) in [5.74, 6) is 0.950. The minimum absolute atomic E-state index is 0.00412. The summed E-state index contributed by atoms with van der Waals surface area (Å²) in [6, 6.07) is 3.89. The molecule has 0 radical (unpaired) electrons. The summed E-state index contributed by atoms with van der Waals surface area (Å²) in [5, 5.41) is 0. The number of Topliss-reactive ketones (excluding diaryl/α,β-unsaturated/α-hetero) is 1. The fourth-order valence-corrected chi connectivity index (χ4v) is 3.03. The molecular formula is C16H20O3. The molecule has 0 fully saturated rings. The molecule has 0 aromatic heterocycles. The van der Waals surface area contributed by atoms with Crippen molar-refractivity contribution in [1.29, 1.82) is 0 Å². The van der Waals surface area contributed by atoms with Crippen LogP contribution in [0.3, 0.4) is 0 Å². The number of ketones is 1. The van der Waals surface area contributed by atoms with Crippen molar-refractivity contribution in [3.63, 3.8) is 0 Å². The van der Waals surface area contributed by atoms with Crippen molar-refractivity contribution in [2.75, 3.05) is 7.11 Å². The van der Waals surface area contributed by atoms with Crippen molar-refractivity contribution in [1.82, 2.24) is 0 Å². The van der Waals surface area contributed by atoms with Gasteiger partial charge in [0.2, 0.25) is 0 Å². The predicted molar refractivity (Wildman–Crippen MR) is 73.9 cm³/mol. The Bertz CT molecular complexity index is 505. The quantitative estimate of drug-likeness (QED) is 0.603. The average molecular weight is 260 g/mol. The Hall–Kier alpha value is -1.64. The summed E-state index contributed by atoms with van der Waals surface area (Å²) < 4.78 is 5.29. The number of hydrogen-bond acceptors (Lipinski definition) is 3. The zero-order valence-electron chi connectivity index (χ0n) is 11.7. The van der Waals surface area contributed by atoms with Gasteiger partial charge in [0.15, 0.2) is 5.78 Å². The highest BCUT2D eigenvalue weighted by molar-refractivity contribution is 5.97. The van der Waals surface area contributed by atoms with E-state index in [0.29, 0.717) is 11.3 Å². The Kier molecular flexibility index (Phi) is 4.03. The number of rotatable bonds is 5. The van der Waals surface area contributed by atoms with E-state index in [1.54, 1.807) is 14.0 Å². The number of methoxy groups -OCH3 is 1. The molecule has 1 aromatic rings. The number of ether oxygens (including phenoxy) is 1. The Morgan fingerprint density at radius 2 is 2.26 bits per heavy atom. The summed E-state index contributed by atoms with van der Waals surface area (Å²) in [6.07, 6.45) is 3.84. The van der Waals surface area contributed by atoms with Crippen LogP contribution in [0.1, 0.15) is 54.1 Å². The first-order chi connectivity index (χ1) is 9.12. The zero-order chi connectivity index (χ0) is 14.0. The molecule has 2 atom stereocenters. The van der Waals surface area contributed by atoms with Crippen molar-refractivity contribution in [3.8, 4) is 5.75 Å². The highest BCUT2D eigenvalue weighted by atomic mass is 16.5. The Labute approximate surface area is 114 Å². The standard InChI is InChI=1S/C16H20O3/c1-4-11(9-17)13-6-5-12-7-16(19-3)14(10(2)18)8-15(12)13/h7-9,11,13H,4-6H2,1-3H3. The molecule has 1 aliphatic carbocycles. The van der Waals surface area contributed by atoms with E-state index in [0.717, 1.165) is 31.1 Å².